The monoisotopic (exact) mass is 311 g/mol. The Morgan fingerprint density at radius 2 is 2.20 bits per heavy atom. The van der Waals surface area contributed by atoms with Gasteiger partial charge in [0.05, 0.1) is 15.8 Å². The third kappa shape index (κ3) is 3.10. The summed E-state index contributed by atoms with van der Waals surface area (Å²) in [7, 11) is 0. The summed E-state index contributed by atoms with van der Waals surface area (Å²) in [6, 6.07) is 3.35. The summed E-state index contributed by atoms with van der Waals surface area (Å²) < 4.78 is 6.33. The predicted molar refractivity (Wildman–Crippen MR) is 78.2 cm³/mol. The van der Waals surface area contributed by atoms with Gasteiger partial charge in [-0.25, -0.2) is 9.78 Å². The number of aromatic carboxylic acids is 1. The highest BCUT2D eigenvalue weighted by Crippen LogP contribution is 2.33. The van der Waals surface area contributed by atoms with Gasteiger partial charge in [0.25, 0.3) is 0 Å². The van der Waals surface area contributed by atoms with Gasteiger partial charge in [0.15, 0.2) is 4.34 Å². The van der Waals surface area contributed by atoms with Crippen LogP contribution < -0.4 is 0 Å². The third-order valence-corrected chi connectivity index (χ3v) is 4.43. The fraction of sp³-hybridized carbons (Fsp3) is 0.308. The maximum Gasteiger partial charge on any atom is 0.336 e. The third-order valence-electron chi connectivity index (χ3n) is 2.61. The normalized spacial score (nSPS) is 10.7. The van der Waals surface area contributed by atoms with E-state index >= 15 is 0 Å². The smallest absolute Gasteiger partial charge is 0.336 e. The van der Waals surface area contributed by atoms with Crippen LogP contribution in [0.5, 0.6) is 0 Å². The van der Waals surface area contributed by atoms with Crippen molar-refractivity contribution in [3.05, 3.63) is 23.3 Å². The minimum absolute atomic E-state index is 0.286. The molecule has 0 aliphatic rings. The van der Waals surface area contributed by atoms with Gasteiger partial charge in [0.2, 0.25) is 0 Å². The number of hydrogen-bond acceptors (Lipinski definition) is 6. The van der Waals surface area contributed by atoms with E-state index in [9.17, 15) is 14.7 Å². The number of benzene rings is 1. The van der Waals surface area contributed by atoms with Crippen molar-refractivity contribution in [2.24, 2.45) is 0 Å². The molecule has 0 saturated heterocycles. The zero-order valence-electron chi connectivity index (χ0n) is 11.0. The number of rotatable bonds is 5. The van der Waals surface area contributed by atoms with Crippen molar-refractivity contribution >= 4 is 45.5 Å². The zero-order chi connectivity index (χ0) is 14.7. The van der Waals surface area contributed by atoms with Crippen LogP contribution in [0.15, 0.2) is 16.5 Å². The molecule has 20 heavy (non-hydrogen) atoms. The number of aryl methyl sites for hydroxylation is 1. The van der Waals surface area contributed by atoms with E-state index in [1.54, 1.807) is 12.1 Å². The molecular weight excluding hydrogens is 298 g/mol. The quantitative estimate of drug-likeness (QED) is 0.851. The molecule has 0 aliphatic heterocycles. The van der Waals surface area contributed by atoms with Crippen molar-refractivity contribution in [1.82, 2.24) is 4.98 Å². The van der Waals surface area contributed by atoms with E-state index in [1.165, 1.54) is 18.3 Å². The number of carboxylic acids is 1. The molecule has 0 bridgehead atoms. The summed E-state index contributed by atoms with van der Waals surface area (Å²) in [6.45, 7) is 3.32. The van der Waals surface area contributed by atoms with Crippen LogP contribution in [0.2, 0.25) is 0 Å². The first kappa shape index (κ1) is 14.8. The molecule has 1 aromatic heterocycles. The first-order valence-corrected chi connectivity index (χ1v) is 7.59. The molecule has 0 atom stereocenters. The van der Waals surface area contributed by atoms with E-state index in [4.69, 9.17) is 4.18 Å². The minimum atomic E-state index is -0.947. The lowest BCUT2D eigenvalue weighted by Gasteiger charge is -2.05. The lowest BCUT2D eigenvalue weighted by molar-refractivity contribution is -0.130. The topological polar surface area (TPSA) is 76.5 Å². The standard InChI is InChI=1S/C13H13NO4S2/c1-3-4-8-9(12(16)17)5-6-10-11(8)14-13(19-10)20-18-7(2)15/h5-6H,3-4H2,1-2H3,(H,16,17). The molecule has 1 aromatic carbocycles. The highest BCUT2D eigenvalue weighted by atomic mass is 32.2. The molecule has 0 radical (unpaired) electrons. The van der Waals surface area contributed by atoms with Gasteiger partial charge in [0, 0.05) is 6.92 Å². The highest BCUT2D eigenvalue weighted by Gasteiger charge is 2.17. The fourth-order valence-electron chi connectivity index (χ4n) is 1.86. The van der Waals surface area contributed by atoms with E-state index in [0.717, 1.165) is 28.7 Å². The number of carbonyl (C=O) groups is 2. The summed E-state index contributed by atoms with van der Waals surface area (Å²) in [5, 5.41) is 9.24. The molecule has 0 fully saturated rings. The first-order valence-electron chi connectivity index (χ1n) is 6.03. The van der Waals surface area contributed by atoms with Gasteiger partial charge in [-0.3, -0.25) is 4.79 Å². The maximum absolute atomic E-state index is 11.3. The second-order valence-corrected chi connectivity index (χ2v) is 6.14. The predicted octanol–water partition coefficient (Wildman–Crippen LogP) is 3.52. The van der Waals surface area contributed by atoms with Crippen molar-refractivity contribution in [2.45, 2.75) is 31.0 Å². The van der Waals surface area contributed by atoms with Gasteiger partial charge in [0.1, 0.15) is 12.0 Å². The number of thiazole rings is 1. The summed E-state index contributed by atoms with van der Waals surface area (Å²) in [4.78, 5) is 26.5. The molecule has 0 unspecified atom stereocenters. The number of hydrogen-bond donors (Lipinski definition) is 1. The number of nitrogens with zero attached hydrogens (tertiary/aromatic N) is 1. The largest absolute Gasteiger partial charge is 0.478 e. The second-order valence-electron chi connectivity index (χ2n) is 4.13. The first-order chi connectivity index (χ1) is 9.52. The van der Waals surface area contributed by atoms with Crippen molar-refractivity contribution < 1.29 is 18.9 Å². The van der Waals surface area contributed by atoms with Crippen molar-refractivity contribution in [3.63, 3.8) is 0 Å². The van der Waals surface area contributed by atoms with Crippen LogP contribution in [0, 0.1) is 0 Å². The van der Waals surface area contributed by atoms with Crippen molar-refractivity contribution in [1.29, 1.82) is 0 Å². The fourth-order valence-corrected chi connectivity index (χ4v) is 3.41. The molecule has 5 nitrogen and oxygen atoms in total. The molecule has 0 saturated carbocycles. The lowest BCUT2D eigenvalue weighted by Crippen LogP contribution is -2.03. The van der Waals surface area contributed by atoms with E-state index < -0.39 is 11.9 Å². The number of carbonyl (C=O) groups excluding carboxylic acids is 1. The van der Waals surface area contributed by atoms with Crippen LogP contribution in [-0.2, 0) is 15.4 Å². The Kier molecular flexibility index (Phi) is 4.61. The van der Waals surface area contributed by atoms with Crippen LogP contribution >= 0.6 is 23.4 Å². The zero-order valence-corrected chi connectivity index (χ0v) is 12.6. The Bertz CT molecular complexity index is 666. The number of aromatic nitrogens is 1. The van der Waals surface area contributed by atoms with Gasteiger partial charge in [-0.05, 0) is 24.1 Å². The summed E-state index contributed by atoms with van der Waals surface area (Å²) >= 11 is 2.29. The maximum atomic E-state index is 11.3. The lowest BCUT2D eigenvalue weighted by atomic mass is 10.0. The van der Waals surface area contributed by atoms with Crippen molar-refractivity contribution in [2.75, 3.05) is 0 Å². The summed E-state index contributed by atoms with van der Waals surface area (Å²) in [5.41, 5.74) is 1.71. The van der Waals surface area contributed by atoms with Gasteiger partial charge in [-0.1, -0.05) is 13.3 Å². The average molecular weight is 311 g/mol. The van der Waals surface area contributed by atoms with Gasteiger partial charge < -0.3 is 9.29 Å². The Labute approximate surface area is 124 Å². The van der Waals surface area contributed by atoms with Crippen LogP contribution in [-0.4, -0.2) is 22.0 Å². The van der Waals surface area contributed by atoms with E-state index in [-0.39, 0.29) is 5.56 Å². The van der Waals surface area contributed by atoms with Crippen molar-refractivity contribution in [3.8, 4) is 0 Å². The molecule has 7 heteroatoms. The molecule has 1 heterocycles. The Balaban J connectivity index is 2.47. The highest BCUT2D eigenvalue weighted by molar-refractivity contribution is 7.97. The van der Waals surface area contributed by atoms with E-state index in [1.807, 2.05) is 6.92 Å². The molecule has 1 N–H and O–H groups in total. The molecular formula is C13H13NO4S2. The Morgan fingerprint density at radius 3 is 2.80 bits per heavy atom. The molecule has 2 rings (SSSR count). The van der Waals surface area contributed by atoms with Gasteiger partial charge >= 0.3 is 11.9 Å². The average Bonchev–Trinajstić information content (AvgIpc) is 2.80. The van der Waals surface area contributed by atoms with Crippen LogP contribution in [0.25, 0.3) is 10.2 Å². The minimum Gasteiger partial charge on any atom is -0.478 e. The Morgan fingerprint density at radius 1 is 1.45 bits per heavy atom. The number of carboxylic acid groups (broad SMARTS) is 1. The SMILES string of the molecule is CCCc1c(C(=O)O)ccc2sc(SOC(C)=O)nc12. The van der Waals surface area contributed by atoms with Crippen LogP contribution in [0.1, 0.15) is 36.2 Å². The second kappa shape index (κ2) is 6.23. The van der Waals surface area contributed by atoms with Crippen LogP contribution in [0.4, 0.5) is 0 Å². The van der Waals surface area contributed by atoms with E-state index in [0.29, 0.717) is 16.3 Å². The molecule has 0 spiro atoms. The molecule has 106 valence electrons. The number of fused-ring (bicyclic) bond motifs is 1. The molecule has 0 amide bonds. The van der Waals surface area contributed by atoms with Gasteiger partial charge in [-0.15, -0.1) is 11.3 Å². The summed E-state index contributed by atoms with van der Waals surface area (Å²) in [5.74, 6) is -1.34. The Hall–Kier alpha value is -1.60. The molecule has 2 aromatic rings. The molecule has 0 aliphatic carbocycles. The van der Waals surface area contributed by atoms with Gasteiger partial charge in [-0.2, -0.15) is 0 Å². The van der Waals surface area contributed by atoms with E-state index in [2.05, 4.69) is 4.98 Å². The van der Waals surface area contributed by atoms with Crippen LogP contribution in [0.3, 0.4) is 0 Å². The summed E-state index contributed by atoms with van der Waals surface area (Å²) in [6.07, 6.45) is 1.49.